The lowest BCUT2D eigenvalue weighted by Gasteiger charge is -2.08. The largest absolute Gasteiger partial charge is 0.454 e. The van der Waals surface area contributed by atoms with E-state index in [1.165, 1.54) is 11.0 Å². The topological polar surface area (TPSA) is 116 Å². The molecular weight excluding hydrogens is 386 g/mol. The minimum atomic E-state index is -0.607. The molecule has 154 valence electrons. The van der Waals surface area contributed by atoms with Crippen LogP contribution in [-0.2, 0) is 9.53 Å². The smallest absolute Gasteiger partial charge is 0.338 e. The maximum atomic E-state index is 12.3. The predicted octanol–water partition coefficient (Wildman–Crippen LogP) is 2.69. The van der Waals surface area contributed by atoms with Crippen molar-refractivity contribution < 1.29 is 19.1 Å². The highest BCUT2D eigenvalue weighted by Crippen LogP contribution is 2.13. The van der Waals surface area contributed by atoms with Crippen molar-refractivity contribution in [1.29, 1.82) is 0 Å². The number of carbonyl (C=O) groups excluding carboxylic acids is 3. The number of aromatic nitrogens is 4. The van der Waals surface area contributed by atoms with Crippen LogP contribution in [0.5, 0.6) is 0 Å². The monoisotopic (exact) mass is 407 g/mol. The Balaban J connectivity index is 1.52. The molecule has 1 heterocycles. The van der Waals surface area contributed by atoms with Crippen LogP contribution in [0.1, 0.15) is 41.0 Å². The van der Waals surface area contributed by atoms with Gasteiger partial charge in [0.05, 0.1) is 11.3 Å². The Morgan fingerprint density at radius 2 is 1.67 bits per heavy atom. The molecule has 0 spiro atoms. The molecule has 1 aromatic heterocycles. The van der Waals surface area contributed by atoms with Crippen molar-refractivity contribution in [2.24, 2.45) is 5.92 Å². The number of rotatable bonds is 8. The van der Waals surface area contributed by atoms with E-state index < -0.39 is 5.97 Å². The van der Waals surface area contributed by atoms with Crippen LogP contribution in [-0.4, -0.2) is 44.5 Å². The summed E-state index contributed by atoms with van der Waals surface area (Å²) < 4.78 is 6.56. The summed E-state index contributed by atoms with van der Waals surface area (Å²) in [7, 11) is 0. The molecule has 9 heteroatoms. The zero-order chi connectivity index (χ0) is 21.5. The van der Waals surface area contributed by atoms with Crippen LogP contribution in [0.4, 0.5) is 5.69 Å². The third kappa shape index (κ3) is 5.57. The minimum absolute atomic E-state index is 0.0795. The molecule has 0 fully saturated rings. The molecular formula is C21H21N5O4. The van der Waals surface area contributed by atoms with Crippen molar-refractivity contribution in [1.82, 2.24) is 20.2 Å². The molecule has 2 aromatic carbocycles. The molecule has 0 aliphatic carbocycles. The van der Waals surface area contributed by atoms with Crippen LogP contribution in [0.25, 0.3) is 5.69 Å². The Bertz CT molecular complexity index is 1010. The van der Waals surface area contributed by atoms with Gasteiger partial charge in [-0.25, -0.2) is 9.48 Å². The van der Waals surface area contributed by atoms with Crippen LogP contribution >= 0.6 is 0 Å². The first-order valence-electron chi connectivity index (χ1n) is 9.36. The molecule has 0 aliphatic rings. The third-order valence-corrected chi connectivity index (χ3v) is 4.14. The number of benzene rings is 2. The van der Waals surface area contributed by atoms with E-state index in [4.69, 9.17) is 4.74 Å². The Morgan fingerprint density at radius 3 is 2.27 bits per heavy atom. The molecule has 0 bridgehead atoms. The van der Waals surface area contributed by atoms with E-state index in [9.17, 15) is 14.4 Å². The van der Waals surface area contributed by atoms with Crippen LogP contribution in [0.15, 0.2) is 54.9 Å². The molecule has 30 heavy (non-hydrogen) atoms. The van der Waals surface area contributed by atoms with Gasteiger partial charge in [0, 0.05) is 17.7 Å². The number of nitrogens with one attached hydrogen (secondary N) is 1. The standard InChI is InChI=1S/C21H21N5O4/c1-14(2)11-20(28)23-17-7-3-15(4-8-17)19(27)12-30-21(29)16-5-9-18(10-6-16)26-13-22-24-25-26/h3-10,13-14H,11-12H2,1-2H3,(H,23,28). The number of nitrogens with zero attached hydrogens (tertiary/aromatic N) is 4. The second-order valence-corrected chi connectivity index (χ2v) is 7.02. The first kappa shape index (κ1) is 20.8. The first-order valence-corrected chi connectivity index (χ1v) is 9.36. The summed E-state index contributed by atoms with van der Waals surface area (Å²) in [6, 6.07) is 12.9. The quantitative estimate of drug-likeness (QED) is 0.451. The molecule has 3 aromatic rings. The predicted molar refractivity (Wildman–Crippen MR) is 108 cm³/mol. The number of esters is 1. The SMILES string of the molecule is CC(C)CC(=O)Nc1ccc(C(=O)COC(=O)c2ccc(-n3cnnn3)cc2)cc1. The summed E-state index contributed by atoms with van der Waals surface area (Å²) in [5, 5.41) is 13.6. The molecule has 0 radical (unpaired) electrons. The van der Waals surface area contributed by atoms with Gasteiger partial charge in [0.1, 0.15) is 6.33 Å². The summed E-state index contributed by atoms with van der Waals surface area (Å²) in [6.45, 7) is 3.55. The van der Waals surface area contributed by atoms with E-state index in [2.05, 4.69) is 20.8 Å². The van der Waals surface area contributed by atoms with Gasteiger partial charge in [0.2, 0.25) is 5.91 Å². The molecule has 3 rings (SSSR count). The fourth-order valence-electron chi connectivity index (χ4n) is 2.65. The molecule has 9 nitrogen and oxygen atoms in total. The summed E-state index contributed by atoms with van der Waals surface area (Å²) in [5.74, 6) is -0.765. The number of Topliss-reactive ketones (excluding diaryl/α,β-unsaturated/α-hetero) is 1. The summed E-state index contributed by atoms with van der Waals surface area (Å²) >= 11 is 0. The van der Waals surface area contributed by atoms with E-state index in [1.807, 2.05) is 13.8 Å². The lowest BCUT2D eigenvalue weighted by atomic mass is 10.1. The van der Waals surface area contributed by atoms with Crippen molar-refractivity contribution in [2.75, 3.05) is 11.9 Å². The van der Waals surface area contributed by atoms with Gasteiger partial charge in [0.15, 0.2) is 12.4 Å². The fourth-order valence-corrected chi connectivity index (χ4v) is 2.65. The van der Waals surface area contributed by atoms with Gasteiger partial charge in [-0.05, 0) is 64.9 Å². The zero-order valence-corrected chi connectivity index (χ0v) is 16.6. The maximum Gasteiger partial charge on any atom is 0.338 e. The first-order chi connectivity index (χ1) is 14.4. The number of anilines is 1. The van der Waals surface area contributed by atoms with Crippen molar-refractivity contribution in [3.63, 3.8) is 0 Å². The average molecular weight is 407 g/mol. The summed E-state index contributed by atoms with van der Waals surface area (Å²) in [4.78, 5) is 36.2. The highest BCUT2D eigenvalue weighted by Gasteiger charge is 2.13. The third-order valence-electron chi connectivity index (χ3n) is 4.14. The Labute approximate surface area is 173 Å². The zero-order valence-electron chi connectivity index (χ0n) is 16.6. The van der Waals surface area contributed by atoms with Gasteiger partial charge in [-0.3, -0.25) is 9.59 Å². The summed E-state index contributed by atoms with van der Waals surface area (Å²) in [5.41, 5.74) is 1.99. The van der Waals surface area contributed by atoms with Crippen LogP contribution in [0, 0.1) is 5.92 Å². The normalized spacial score (nSPS) is 10.6. The molecule has 0 atom stereocenters. The Kier molecular flexibility index (Phi) is 6.63. The minimum Gasteiger partial charge on any atom is -0.454 e. The molecule has 0 unspecified atom stereocenters. The van der Waals surface area contributed by atoms with Crippen LogP contribution < -0.4 is 5.32 Å². The maximum absolute atomic E-state index is 12.3. The fraction of sp³-hybridized carbons (Fsp3) is 0.238. The number of tetrazole rings is 1. The highest BCUT2D eigenvalue weighted by atomic mass is 16.5. The van der Waals surface area contributed by atoms with Gasteiger partial charge in [0.25, 0.3) is 0 Å². The number of ether oxygens (including phenoxy) is 1. The van der Waals surface area contributed by atoms with E-state index in [0.717, 1.165) is 0 Å². The van der Waals surface area contributed by atoms with Gasteiger partial charge < -0.3 is 10.1 Å². The number of hydrogen-bond acceptors (Lipinski definition) is 7. The highest BCUT2D eigenvalue weighted by molar-refractivity contribution is 6.00. The Morgan fingerprint density at radius 1 is 1.00 bits per heavy atom. The number of amides is 1. The van der Waals surface area contributed by atoms with Gasteiger partial charge in [-0.15, -0.1) is 5.10 Å². The number of hydrogen-bond donors (Lipinski definition) is 1. The van der Waals surface area contributed by atoms with Crippen molar-refractivity contribution in [2.45, 2.75) is 20.3 Å². The summed E-state index contributed by atoms with van der Waals surface area (Å²) in [6.07, 6.45) is 1.86. The average Bonchev–Trinajstić information content (AvgIpc) is 3.26. The van der Waals surface area contributed by atoms with E-state index >= 15 is 0 Å². The van der Waals surface area contributed by atoms with E-state index in [-0.39, 0.29) is 24.2 Å². The second kappa shape index (κ2) is 9.55. The lowest BCUT2D eigenvalue weighted by Crippen LogP contribution is -2.15. The molecule has 1 amide bonds. The van der Waals surface area contributed by atoms with E-state index in [0.29, 0.717) is 28.9 Å². The van der Waals surface area contributed by atoms with Crippen molar-refractivity contribution >= 4 is 23.3 Å². The Hall–Kier alpha value is -3.88. The van der Waals surface area contributed by atoms with Crippen LogP contribution in [0.3, 0.4) is 0 Å². The lowest BCUT2D eigenvalue weighted by molar-refractivity contribution is -0.116. The molecule has 0 saturated carbocycles. The van der Waals surface area contributed by atoms with Gasteiger partial charge >= 0.3 is 5.97 Å². The molecule has 0 aliphatic heterocycles. The molecule has 0 saturated heterocycles. The van der Waals surface area contributed by atoms with Gasteiger partial charge in [-0.1, -0.05) is 13.8 Å². The number of ketones is 1. The van der Waals surface area contributed by atoms with Crippen molar-refractivity contribution in [3.05, 3.63) is 66.0 Å². The van der Waals surface area contributed by atoms with Crippen molar-refractivity contribution in [3.8, 4) is 5.69 Å². The van der Waals surface area contributed by atoms with E-state index in [1.54, 1.807) is 48.5 Å². The van der Waals surface area contributed by atoms with Gasteiger partial charge in [-0.2, -0.15) is 0 Å². The second-order valence-electron chi connectivity index (χ2n) is 7.02. The van der Waals surface area contributed by atoms with Crippen LogP contribution in [0.2, 0.25) is 0 Å². The number of carbonyl (C=O) groups is 3. The molecule has 1 N–H and O–H groups in total.